The fourth-order valence-corrected chi connectivity index (χ4v) is 2.17. The molecule has 1 aliphatic rings. The molecule has 0 bridgehead atoms. The molecule has 2 aromatic carbocycles. The zero-order chi connectivity index (χ0) is 15.5. The SMILES string of the molecule is O=C1COc2cccc(C(=O)NCc3ccc(F)cc3)c2N1. The van der Waals surface area contributed by atoms with Gasteiger partial charge in [0, 0.05) is 6.54 Å². The third kappa shape index (κ3) is 2.90. The number of carbonyl (C=O) groups is 2. The monoisotopic (exact) mass is 300 g/mol. The van der Waals surface area contributed by atoms with Crippen LogP contribution in [0.3, 0.4) is 0 Å². The van der Waals surface area contributed by atoms with E-state index < -0.39 is 0 Å². The number of rotatable bonds is 3. The second-order valence-electron chi connectivity index (χ2n) is 4.82. The molecule has 1 heterocycles. The highest BCUT2D eigenvalue weighted by molar-refractivity contribution is 6.06. The van der Waals surface area contributed by atoms with Gasteiger partial charge in [0.25, 0.3) is 11.8 Å². The Kier molecular flexibility index (Phi) is 3.74. The number of halogens is 1. The molecule has 0 aliphatic carbocycles. The van der Waals surface area contributed by atoms with E-state index in [2.05, 4.69) is 10.6 Å². The summed E-state index contributed by atoms with van der Waals surface area (Å²) in [4.78, 5) is 23.7. The number of fused-ring (bicyclic) bond motifs is 1. The van der Waals surface area contributed by atoms with E-state index >= 15 is 0 Å². The highest BCUT2D eigenvalue weighted by Gasteiger charge is 2.22. The Balaban J connectivity index is 1.75. The molecule has 0 saturated carbocycles. The van der Waals surface area contributed by atoms with Gasteiger partial charge in [-0.15, -0.1) is 0 Å². The zero-order valence-electron chi connectivity index (χ0n) is 11.6. The van der Waals surface area contributed by atoms with Crippen molar-refractivity contribution in [3.63, 3.8) is 0 Å². The van der Waals surface area contributed by atoms with Crippen molar-refractivity contribution >= 4 is 17.5 Å². The quantitative estimate of drug-likeness (QED) is 0.912. The smallest absolute Gasteiger partial charge is 0.262 e. The van der Waals surface area contributed by atoms with Crippen molar-refractivity contribution in [2.45, 2.75) is 6.54 Å². The van der Waals surface area contributed by atoms with Crippen LogP contribution in [-0.2, 0) is 11.3 Å². The van der Waals surface area contributed by atoms with E-state index in [9.17, 15) is 14.0 Å². The number of amides is 2. The molecule has 0 fully saturated rings. The number of para-hydroxylation sites is 1. The highest BCUT2D eigenvalue weighted by Crippen LogP contribution is 2.31. The lowest BCUT2D eigenvalue weighted by Gasteiger charge is -2.20. The number of hydrogen-bond acceptors (Lipinski definition) is 3. The average molecular weight is 300 g/mol. The number of hydrogen-bond donors (Lipinski definition) is 2. The normalized spacial score (nSPS) is 12.9. The summed E-state index contributed by atoms with van der Waals surface area (Å²) in [7, 11) is 0. The van der Waals surface area contributed by atoms with Gasteiger partial charge < -0.3 is 15.4 Å². The molecule has 2 N–H and O–H groups in total. The van der Waals surface area contributed by atoms with Crippen molar-refractivity contribution in [3.05, 3.63) is 59.4 Å². The third-order valence-electron chi connectivity index (χ3n) is 3.26. The van der Waals surface area contributed by atoms with Crippen molar-refractivity contribution in [3.8, 4) is 5.75 Å². The Hall–Kier alpha value is -2.89. The maximum Gasteiger partial charge on any atom is 0.262 e. The van der Waals surface area contributed by atoms with Gasteiger partial charge in [0.1, 0.15) is 11.6 Å². The molecule has 3 rings (SSSR count). The van der Waals surface area contributed by atoms with E-state index in [-0.39, 0.29) is 30.8 Å². The maximum atomic E-state index is 12.8. The van der Waals surface area contributed by atoms with Gasteiger partial charge in [0.2, 0.25) is 0 Å². The summed E-state index contributed by atoms with van der Waals surface area (Å²) in [6.45, 7) is 0.200. The van der Waals surface area contributed by atoms with Crippen molar-refractivity contribution in [2.75, 3.05) is 11.9 Å². The Morgan fingerprint density at radius 3 is 2.77 bits per heavy atom. The van der Waals surface area contributed by atoms with Crippen LogP contribution >= 0.6 is 0 Å². The van der Waals surface area contributed by atoms with Gasteiger partial charge in [-0.05, 0) is 29.8 Å². The molecular formula is C16H13FN2O3. The summed E-state index contributed by atoms with van der Waals surface area (Å²) in [5, 5.41) is 5.37. The Morgan fingerprint density at radius 2 is 2.00 bits per heavy atom. The van der Waals surface area contributed by atoms with Crippen LogP contribution in [0.25, 0.3) is 0 Å². The minimum Gasteiger partial charge on any atom is -0.482 e. The molecule has 0 aromatic heterocycles. The topological polar surface area (TPSA) is 67.4 Å². The second kappa shape index (κ2) is 5.85. The summed E-state index contributed by atoms with van der Waals surface area (Å²) >= 11 is 0. The van der Waals surface area contributed by atoms with Crippen LogP contribution in [0.5, 0.6) is 5.75 Å². The fourth-order valence-electron chi connectivity index (χ4n) is 2.17. The predicted molar refractivity (Wildman–Crippen MR) is 78.1 cm³/mol. The van der Waals surface area contributed by atoms with Crippen LogP contribution in [0.1, 0.15) is 15.9 Å². The number of anilines is 1. The largest absolute Gasteiger partial charge is 0.482 e. The standard InChI is InChI=1S/C16H13FN2O3/c17-11-6-4-10(5-7-11)8-18-16(21)12-2-1-3-13-15(12)19-14(20)9-22-13/h1-7H,8-9H2,(H,18,21)(H,19,20). The summed E-state index contributed by atoms with van der Waals surface area (Å²) in [6.07, 6.45) is 0. The highest BCUT2D eigenvalue weighted by atomic mass is 19.1. The molecule has 2 aromatic rings. The summed E-state index contributed by atoms with van der Waals surface area (Å²) in [5.74, 6) is -0.501. The predicted octanol–water partition coefficient (Wildman–Crippen LogP) is 2.09. The Labute approximate surface area is 126 Å². The number of nitrogens with one attached hydrogen (secondary N) is 2. The van der Waals surface area contributed by atoms with Crippen molar-refractivity contribution in [1.29, 1.82) is 0 Å². The first-order chi connectivity index (χ1) is 10.6. The molecule has 5 nitrogen and oxygen atoms in total. The minimum atomic E-state index is -0.341. The van der Waals surface area contributed by atoms with E-state index in [1.165, 1.54) is 12.1 Å². The molecule has 2 amide bonds. The average Bonchev–Trinajstić information content (AvgIpc) is 2.53. The van der Waals surface area contributed by atoms with Crippen molar-refractivity contribution < 1.29 is 18.7 Å². The molecule has 22 heavy (non-hydrogen) atoms. The summed E-state index contributed by atoms with van der Waals surface area (Å²) in [5.41, 5.74) is 1.47. The van der Waals surface area contributed by atoms with Crippen molar-refractivity contribution in [2.24, 2.45) is 0 Å². The van der Waals surface area contributed by atoms with Crippen LogP contribution in [0, 0.1) is 5.82 Å². The molecule has 0 spiro atoms. The van der Waals surface area contributed by atoms with E-state index in [0.29, 0.717) is 17.0 Å². The molecular weight excluding hydrogens is 287 g/mol. The van der Waals surface area contributed by atoms with Crippen LogP contribution in [0.2, 0.25) is 0 Å². The molecule has 0 radical (unpaired) electrons. The van der Waals surface area contributed by atoms with Gasteiger partial charge >= 0.3 is 0 Å². The first-order valence-electron chi connectivity index (χ1n) is 6.72. The van der Waals surface area contributed by atoms with Gasteiger partial charge in [-0.3, -0.25) is 9.59 Å². The van der Waals surface area contributed by atoms with Crippen LogP contribution in [0.15, 0.2) is 42.5 Å². The van der Waals surface area contributed by atoms with Gasteiger partial charge in [0.15, 0.2) is 6.61 Å². The lowest BCUT2D eigenvalue weighted by Crippen LogP contribution is -2.29. The first kappa shape index (κ1) is 14.1. The van der Waals surface area contributed by atoms with Gasteiger partial charge in [0.05, 0.1) is 11.3 Å². The van der Waals surface area contributed by atoms with Crippen LogP contribution in [-0.4, -0.2) is 18.4 Å². The molecule has 0 saturated heterocycles. The lowest BCUT2D eigenvalue weighted by molar-refractivity contribution is -0.118. The second-order valence-corrected chi connectivity index (χ2v) is 4.82. The number of carbonyl (C=O) groups excluding carboxylic acids is 2. The van der Waals surface area contributed by atoms with E-state index in [4.69, 9.17) is 4.74 Å². The number of ether oxygens (including phenoxy) is 1. The summed E-state index contributed by atoms with van der Waals surface area (Å²) < 4.78 is 18.1. The van der Waals surface area contributed by atoms with Crippen molar-refractivity contribution in [1.82, 2.24) is 5.32 Å². The lowest BCUT2D eigenvalue weighted by atomic mass is 10.1. The van der Waals surface area contributed by atoms with Gasteiger partial charge in [-0.2, -0.15) is 0 Å². The molecule has 1 aliphatic heterocycles. The molecule has 6 heteroatoms. The molecule has 0 atom stereocenters. The molecule has 112 valence electrons. The van der Waals surface area contributed by atoms with Crippen LogP contribution in [0.4, 0.5) is 10.1 Å². The van der Waals surface area contributed by atoms with E-state index in [1.807, 2.05) is 0 Å². The fraction of sp³-hybridized carbons (Fsp3) is 0.125. The van der Waals surface area contributed by atoms with Crippen LogP contribution < -0.4 is 15.4 Å². The van der Waals surface area contributed by atoms with Gasteiger partial charge in [-0.1, -0.05) is 18.2 Å². The molecule has 0 unspecified atom stereocenters. The third-order valence-corrected chi connectivity index (χ3v) is 3.26. The Morgan fingerprint density at radius 1 is 1.23 bits per heavy atom. The number of benzene rings is 2. The minimum absolute atomic E-state index is 0.0619. The summed E-state index contributed by atoms with van der Waals surface area (Å²) in [6, 6.07) is 10.8. The first-order valence-corrected chi connectivity index (χ1v) is 6.72. The zero-order valence-corrected chi connectivity index (χ0v) is 11.6. The van der Waals surface area contributed by atoms with Gasteiger partial charge in [-0.25, -0.2) is 4.39 Å². The van der Waals surface area contributed by atoms with E-state index in [0.717, 1.165) is 5.56 Å². The Bertz CT molecular complexity index is 729. The van der Waals surface area contributed by atoms with E-state index in [1.54, 1.807) is 30.3 Å². The maximum absolute atomic E-state index is 12.8.